The van der Waals surface area contributed by atoms with Crippen LogP contribution in [0.5, 0.6) is 0 Å². The fraction of sp³-hybridized carbons (Fsp3) is 0.818. The third-order valence-corrected chi connectivity index (χ3v) is 19.9. The second kappa shape index (κ2) is 72.1. The smallest absolute Gasteiger partial charge is 0.135 e. The SMILES string of the molecule is CCCCCCCCCCCCCCCCCCCCCCCCC#CC(=Nc1cccc(CCCCCCCCCCCCCCCCCCCCCC)c1)C(CCCC)=Nc1cccc(CCCCCCCCCCCCCCCCCCCCCC)c1.[Ni]. The summed E-state index contributed by atoms with van der Waals surface area (Å²) in [5.74, 6) is 7.31. The van der Waals surface area contributed by atoms with Crippen LogP contribution in [0.2, 0.25) is 0 Å². The van der Waals surface area contributed by atoms with Crippen molar-refractivity contribution in [2.24, 2.45) is 9.98 Å². The summed E-state index contributed by atoms with van der Waals surface area (Å²) in [5, 5.41) is 0. The van der Waals surface area contributed by atoms with Crippen molar-refractivity contribution in [1.29, 1.82) is 0 Å². The van der Waals surface area contributed by atoms with Gasteiger partial charge in [0.15, 0.2) is 0 Å². The first kappa shape index (κ1) is 86.8. The molecule has 0 atom stereocenters. The van der Waals surface area contributed by atoms with Crippen LogP contribution in [0.4, 0.5) is 11.4 Å². The number of aryl methyl sites for hydroxylation is 2. The fourth-order valence-corrected chi connectivity index (χ4v) is 13.7. The number of rotatable bonds is 70. The van der Waals surface area contributed by atoms with Crippen LogP contribution in [0, 0.1) is 11.8 Å². The first-order chi connectivity index (χ1) is 44.7. The summed E-state index contributed by atoms with van der Waals surface area (Å²) < 4.78 is 0. The molecule has 0 spiro atoms. The molecule has 0 amide bonds. The third kappa shape index (κ3) is 60.0. The number of hydrogen-bond donors (Lipinski definition) is 0. The standard InChI is InChI=1S/C88H156N2.Ni/c1-5-9-13-16-19-22-25-28-31-34-37-40-41-42-43-46-49-52-55-58-61-64-67-70-80-88(90-86-78-72-76-84(82-86)74-69-66-63-60-57-54-51-48-45-39-36-33-30-27-24-21-18-15-11-7-3)87(79-12-8-4)89-85-77-71-75-83(81-85)73-68-65-62-59-56-53-50-47-44-38-35-32-29-26-23-20-17-14-10-6-2;/h71-72,75-78,81-82H,5-69,73-74,79H2,1-4H3;. The Hall–Kier alpha value is -2.17. The molecule has 0 aromatic heterocycles. The van der Waals surface area contributed by atoms with Crippen LogP contribution in [0.3, 0.4) is 0 Å². The van der Waals surface area contributed by atoms with E-state index in [0.717, 1.165) is 61.3 Å². The molecular formula is C88H156N2Ni. The number of benzene rings is 2. The van der Waals surface area contributed by atoms with Gasteiger partial charge in [-0.2, -0.15) is 0 Å². The van der Waals surface area contributed by atoms with Gasteiger partial charge in [0.1, 0.15) is 5.71 Å². The van der Waals surface area contributed by atoms with Crippen molar-refractivity contribution >= 4 is 22.8 Å². The maximum absolute atomic E-state index is 5.44. The number of aliphatic imine (C=N–C) groups is 2. The van der Waals surface area contributed by atoms with E-state index in [1.807, 2.05) is 0 Å². The van der Waals surface area contributed by atoms with Gasteiger partial charge in [0, 0.05) is 22.9 Å². The molecule has 528 valence electrons. The van der Waals surface area contributed by atoms with Crippen molar-refractivity contribution in [3.8, 4) is 11.8 Å². The topological polar surface area (TPSA) is 24.7 Å². The zero-order valence-electron chi connectivity index (χ0n) is 61.9. The Bertz CT molecular complexity index is 1900. The normalized spacial score (nSPS) is 11.8. The van der Waals surface area contributed by atoms with Gasteiger partial charge >= 0.3 is 0 Å². The molecule has 0 saturated heterocycles. The Morgan fingerprint density at radius 3 is 0.758 bits per heavy atom. The van der Waals surface area contributed by atoms with Crippen LogP contribution >= 0.6 is 0 Å². The van der Waals surface area contributed by atoms with Gasteiger partial charge in [0.05, 0.1) is 17.1 Å². The van der Waals surface area contributed by atoms with E-state index in [-0.39, 0.29) is 16.5 Å². The van der Waals surface area contributed by atoms with Gasteiger partial charge in [-0.1, -0.05) is 443 Å². The van der Waals surface area contributed by atoms with E-state index in [9.17, 15) is 0 Å². The predicted octanol–water partition coefficient (Wildman–Crippen LogP) is 31.4. The fourth-order valence-electron chi connectivity index (χ4n) is 13.7. The summed E-state index contributed by atoms with van der Waals surface area (Å²) in [6.45, 7) is 9.24. The summed E-state index contributed by atoms with van der Waals surface area (Å²) in [4.78, 5) is 10.8. The third-order valence-electron chi connectivity index (χ3n) is 19.9. The van der Waals surface area contributed by atoms with Gasteiger partial charge in [-0.05, 0) is 86.3 Å². The van der Waals surface area contributed by atoms with Crippen LogP contribution in [0.25, 0.3) is 0 Å². The first-order valence-electron chi connectivity index (χ1n) is 41.5. The van der Waals surface area contributed by atoms with E-state index in [1.54, 1.807) is 0 Å². The van der Waals surface area contributed by atoms with Gasteiger partial charge in [0.2, 0.25) is 0 Å². The number of unbranched alkanes of at least 4 members (excludes halogenated alkanes) is 61. The molecule has 0 heterocycles. The minimum atomic E-state index is 0. The van der Waals surface area contributed by atoms with Gasteiger partial charge < -0.3 is 0 Å². The van der Waals surface area contributed by atoms with Gasteiger partial charge in [-0.15, -0.1) is 0 Å². The summed E-state index contributed by atoms with van der Waals surface area (Å²) in [7, 11) is 0. The summed E-state index contributed by atoms with van der Waals surface area (Å²) in [6.07, 6.45) is 94.5. The minimum Gasteiger partial charge on any atom is -0.251 e. The zero-order valence-corrected chi connectivity index (χ0v) is 62.9. The Labute approximate surface area is 581 Å². The maximum Gasteiger partial charge on any atom is 0.135 e. The van der Waals surface area contributed by atoms with E-state index >= 15 is 0 Å². The monoisotopic (exact) mass is 1300 g/mol. The van der Waals surface area contributed by atoms with E-state index < -0.39 is 0 Å². The molecule has 0 aliphatic carbocycles. The number of nitrogens with zero attached hydrogens (tertiary/aromatic N) is 2. The maximum atomic E-state index is 5.44. The van der Waals surface area contributed by atoms with E-state index in [2.05, 4.69) is 88.1 Å². The van der Waals surface area contributed by atoms with Crippen molar-refractivity contribution < 1.29 is 16.5 Å². The molecule has 0 radical (unpaired) electrons. The molecule has 0 fully saturated rings. The summed E-state index contributed by atoms with van der Waals surface area (Å²) >= 11 is 0. The molecule has 3 heteroatoms. The first-order valence-corrected chi connectivity index (χ1v) is 41.5. The van der Waals surface area contributed by atoms with Gasteiger partial charge in [-0.3, -0.25) is 4.99 Å². The Balaban J connectivity index is 0.0000414. The largest absolute Gasteiger partial charge is 0.251 e. The van der Waals surface area contributed by atoms with Crippen LogP contribution in [-0.4, -0.2) is 11.4 Å². The van der Waals surface area contributed by atoms with E-state index in [1.165, 1.54) is 409 Å². The van der Waals surface area contributed by atoms with Crippen LogP contribution in [0.15, 0.2) is 58.5 Å². The van der Waals surface area contributed by atoms with E-state index in [4.69, 9.17) is 9.98 Å². The molecule has 0 saturated carbocycles. The van der Waals surface area contributed by atoms with Crippen molar-refractivity contribution in [2.45, 2.75) is 464 Å². The molecule has 0 N–H and O–H groups in total. The van der Waals surface area contributed by atoms with Crippen LogP contribution in [0.1, 0.15) is 463 Å². The van der Waals surface area contributed by atoms with Crippen molar-refractivity contribution in [3.05, 3.63) is 59.7 Å². The molecule has 2 aromatic rings. The minimum absolute atomic E-state index is 0. The zero-order chi connectivity index (χ0) is 64.0. The number of hydrogen-bond acceptors (Lipinski definition) is 2. The van der Waals surface area contributed by atoms with Crippen molar-refractivity contribution in [3.63, 3.8) is 0 Å². The molecule has 2 aromatic carbocycles. The van der Waals surface area contributed by atoms with Crippen molar-refractivity contribution in [1.82, 2.24) is 0 Å². The Morgan fingerprint density at radius 2 is 0.495 bits per heavy atom. The molecular weight excluding hydrogens is 1140 g/mol. The van der Waals surface area contributed by atoms with Crippen LogP contribution in [-0.2, 0) is 29.3 Å². The van der Waals surface area contributed by atoms with Gasteiger partial charge in [-0.25, -0.2) is 4.99 Å². The van der Waals surface area contributed by atoms with Crippen LogP contribution < -0.4 is 0 Å². The Morgan fingerprint density at radius 1 is 0.264 bits per heavy atom. The van der Waals surface area contributed by atoms with Gasteiger partial charge in [0.25, 0.3) is 0 Å². The molecule has 0 unspecified atom stereocenters. The Kier molecular flexibility index (Phi) is 68.8. The second-order valence-electron chi connectivity index (χ2n) is 28.9. The summed E-state index contributed by atoms with van der Waals surface area (Å²) in [6, 6.07) is 18.2. The predicted molar refractivity (Wildman–Crippen MR) is 410 cm³/mol. The van der Waals surface area contributed by atoms with E-state index in [0.29, 0.717) is 0 Å². The molecule has 2 nitrogen and oxygen atoms in total. The molecule has 0 aliphatic rings. The molecule has 2 rings (SSSR count). The average Bonchev–Trinajstić information content (AvgIpc) is 3.40. The molecule has 91 heavy (non-hydrogen) atoms. The van der Waals surface area contributed by atoms with Crippen molar-refractivity contribution in [2.75, 3.05) is 0 Å². The molecule has 0 bridgehead atoms. The molecule has 0 aliphatic heterocycles. The summed E-state index contributed by atoms with van der Waals surface area (Å²) in [5.41, 5.74) is 6.87. The quantitative estimate of drug-likeness (QED) is 0.0273. The average molecular weight is 1300 g/mol. The second-order valence-corrected chi connectivity index (χ2v) is 28.9.